The van der Waals surface area contributed by atoms with Crippen LogP contribution in [0.5, 0.6) is 0 Å². The number of anilines is 2. The minimum absolute atomic E-state index is 0.115. The molecule has 0 bridgehead atoms. The van der Waals surface area contributed by atoms with Gasteiger partial charge in [0.05, 0.1) is 17.8 Å². The average Bonchev–Trinajstić information content (AvgIpc) is 3.12. The van der Waals surface area contributed by atoms with Crippen molar-refractivity contribution in [3.8, 4) is 0 Å². The Labute approximate surface area is 307 Å². The molecule has 2 aromatic carbocycles. The number of nitrogens with zero attached hydrogens (tertiary/aromatic N) is 5. The number of carbonyl (C=O) groups is 3. The fraction of sp³-hybridized carbons (Fsp3) is 0.513. The van der Waals surface area contributed by atoms with Gasteiger partial charge in [0.25, 0.3) is 11.5 Å². The molecule has 2 N–H and O–H groups in total. The summed E-state index contributed by atoms with van der Waals surface area (Å²) in [5.74, 6) is -0.223. The summed E-state index contributed by atoms with van der Waals surface area (Å²) in [7, 11) is 3.76. The Morgan fingerprint density at radius 3 is 2.31 bits per heavy atom. The van der Waals surface area contributed by atoms with Gasteiger partial charge in [-0.2, -0.15) is 5.10 Å². The van der Waals surface area contributed by atoms with E-state index in [4.69, 9.17) is 0 Å². The topological polar surface area (TPSA) is 120 Å². The van der Waals surface area contributed by atoms with E-state index in [2.05, 4.69) is 85.8 Å². The van der Waals surface area contributed by atoms with Gasteiger partial charge in [-0.25, -0.2) is 4.68 Å². The number of hydrogen-bond acceptors (Lipinski definition) is 8. The van der Waals surface area contributed by atoms with Crippen LogP contribution in [0.2, 0.25) is 0 Å². The molecule has 0 saturated carbocycles. The summed E-state index contributed by atoms with van der Waals surface area (Å²) in [5.41, 5.74) is 6.14. The molecule has 1 aromatic heterocycles. The van der Waals surface area contributed by atoms with E-state index >= 15 is 0 Å². The standard InChI is InChI=1S/C39H48BrN7O4/c1-25-20-28(31-9-11-34(48)43-36(31)49)8-10-33(25)46-16-12-39(13-17-46)14-18-47(19-15-39)37(50)27-6-4-26(5-7-27)29-21-30(24-44(2)23-29)42-32-22-41-45(3)38(51)35(32)40/h4-8,10,20,22,29-31,42H,9,11-19,21,23-24H2,1-3H3,(H,43,48,49)/t29?,30-,31?/m1/s1. The molecular formula is C39H48BrN7O4. The molecule has 12 heteroatoms. The third kappa shape index (κ3) is 7.48. The monoisotopic (exact) mass is 757 g/mol. The third-order valence-corrected chi connectivity index (χ3v) is 12.6. The van der Waals surface area contributed by atoms with Crippen LogP contribution in [0, 0.1) is 12.3 Å². The van der Waals surface area contributed by atoms with E-state index in [1.54, 1.807) is 13.2 Å². The number of benzene rings is 2. The van der Waals surface area contributed by atoms with Gasteiger partial charge >= 0.3 is 0 Å². The van der Waals surface area contributed by atoms with E-state index in [0.29, 0.717) is 28.9 Å². The number of halogens is 1. The molecule has 3 aromatic rings. The Kier molecular flexibility index (Phi) is 10.1. The molecule has 7 rings (SSSR count). The summed E-state index contributed by atoms with van der Waals surface area (Å²) < 4.78 is 1.81. The maximum atomic E-state index is 13.6. The Bertz CT molecular complexity index is 1860. The summed E-state index contributed by atoms with van der Waals surface area (Å²) in [4.78, 5) is 56.8. The van der Waals surface area contributed by atoms with E-state index in [0.717, 1.165) is 88.1 Å². The Hall–Kier alpha value is -4.03. The fourth-order valence-corrected chi connectivity index (χ4v) is 9.22. The highest BCUT2D eigenvalue weighted by Gasteiger charge is 2.39. The van der Waals surface area contributed by atoms with E-state index in [9.17, 15) is 19.2 Å². The van der Waals surface area contributed by atoms with E-state index < -0.39 is 0 Å². The van der Waals surface area contributed by atoms with Crippen LogP contribution in [0.3, 0.4) is 0 Å². The number of aryl methyl sites for hydroxylation is 2. The first-order chi connectivity index (χ1) is 24.5. The molecule has 51 heavy (non-hydrogen) atoms. The smallest absolute Gasteiger partial charge is 0.282 e. The Morgan fingerprint density at radius 2 is 1.63 bits per heavy atom. The minimum Gasteiger partial charge on any atom is -0.379 e. The number of likely N-dealkylation sites (N-methyl/N-ethyl adjacent to an activating group) is 1. The normalized spacial score (nSPS) is 24.0. The third-order valence-electron chi connectivity index (χ3n) is 11.8. The van der Waals surface area contributed by atoms with E-state index in [-0.39, 0.29) is 40.7 Å². The lowest BCUT2D eigenvalue weighted by Crippen LogP contribution is -2.48. The van der Waals surface area contributed by atoms with Gasteiger partial charge in [-0.1, -0.05) is 24.3 Å². The summed E-state index contributed by atoms with van der Waals surface area (Å²) >= 11 is 3.43. The molecule has 4 saturated heterocycles. The van der Waals surface area contributed by atoms with Gasteiger partial charge in [0.2, 0.25) is 11.8 Å². The molecule has 5 heterocycles. The molecule has 0 radical (unpaired) electrons. The molecule has 3 amide bonds. The Balaban J connectivity index is 0.912. The lowest BCUT2D eigenvalue weighted by molar-refractivity contribution is -0.134. The first-order valence-corrected chi connectivity index (χ1v) is 19.0. The number of rotatable bonds is 6. The molecule has 2 unspecified atom stereocenters. The van der Waals surface area contributed by atoms with Gasteiger partial charge in [0.1, 0.15) is 4.47 Å². The minimum atomic E-state index is -0.263. The van der Waals surface area contributed by atoms with Crippen LogP contribution in [-0.4, -0.2) is 89.7 Å². The number of aromatic nitrogens is 2. The van der Waals surface area contributed by atoms with Gasteiger partial charge in [-0.15, -0.1) is 0 Å². The lowest BCUT2D eigenvalue weighted by Gasteiger charge is -2.47. The number of carbonyl (C=O) groups excluding carboxylic acids is 3. The largest absolute Gasteiger partial charge is 0.379 e. The van der Waals surface area contributed by atoms with Crippen LogP contribution in [0.15, 0.2) is 57.9 Å². The fourth-order valence-electron chi connectivity index (χ4n) is 8.75. The number of hydrogen-bond donors (Lipinski definition) is 2. The molecule has 4 fully saturated rings. The molecule has 3 atom stereocenters. The second-order valence-corrected chi connectivity index (χ2v) is 16.0. The summed E-state index contributed by atoms with van der Waals surface area (Å²) in [6.07, 6.45) is 7.83. The lowest BCUT2D eigenvalue weighted by atomic mass is 9.71. The molecule has 11 nitrogen and oxygen atoms in total. The van der Waals surface area contributed by atoms with Crippen LogP contribution >= 0.6 is 15.9 Å². The van der Waals surface area contributed by atoms with Gasteiger partial charge in [0, 0.05) is 70.0 Å². The number of nitrogens with one attached hydrogen (secondary N) is 2. The highest BCUT2D eigenvalue weighted by molar-refractivity contribution is 9.10. The first-order valence-electron chi connectivity index (χ1n) is 18.2. The molecule has 1 spiro atoms. The molecular weight excluding hydrogens is 710 g/mol. The first kappa shape index (κ1) is 35.4. The van der Waals surface area contributed by atoms with Crippen LogP contribution < -0.4 is 21.1 Å². The quantitative estimate of drug-likeness (QED) is 0.345. The van der Waals surface area contributed by atoms with Crippen molar-refractivity contribution in [1.82, 2.24) is 24.9 Å². The van der Waals surface area contributed by atoms with Crippen molar-refractivity contribution < 1.29 is 14.4 Å². The van der Waals surface area contributed by atoms with E-state index in [1.807, 2.05) is 17.0 Å². The highest BCUT2D eigenvalue weighted by Crippen LogP contribution is 2.43. The van der Waals surface area contributed by atoms with Gasteiger partial charge in [0.15, 0.2) is 0 Å². The number of piperidine rings is 4. The van der Waals surface area contributed by atoms with Gasteiger partial charge < -0.3 is 20.0 Å². The summed E-state index contributed by atoms with van der Waals surface area (Å²) in [5, 5.41) is 10.2. The maximum absolute atomic E-state index is 13.6. The summed E-state index contributed by atoms with van der Waals surface area (Å²) in [6.45, 7) is 7.45. The zero-order valence-corrected chi connectivity index (χ0v) is 31.4. The van der Waals surface area contributed by atoms with Crippen molar-refractivity contribution in [3.05, 3.63) is 85.7 Å². The maximum Gasteiger partial charge on any atom is 0.282 e. The van der Waals surface area contributed by atoms with Crippen LogP contribution in [0.4, 0.5) is 11.4 Å². The van der Waals surface area contributed by atoms with Crippen LogP contribution in [0.1, 0.15) is 83.8 Å². The highest BCUT2D eigenvalue weighted by atomic mass is 79.9. The van der Waals surface area contributed by atoms with Crippen molar-refractivity contribution in [3.63, 3.8) is 0 Å². The van der Waals surface area contributed by atoms with Crippen molar-refractivity contribution >= 4 is 45.0 Å². The zero-order chi connectivity index (χ0) is 35.9. The number of amides is 3. The predicted octanol–water partition coefficient (Wildman–Crippen LogP) is 4.79. The van der Waals surface area contributed by atoms with Crippen molar-refractivity contribution in [2.24, 2.45) is 12.5 Å². The Morgan fingerprint density at radius 1 is 0.941 bits per heavy atom. The summed E-state index contributed by atoms with van der Waals surface area (Å²) in [6, 6.07) is 14.7. The van der Waals surface area contributed by atoms with Crippen molar-refractivity contribution in [2.45, 2.75) is 69.7 Å². The second-order valence-electron chi connectivity index (χ2n) is 15.2. The molecule has 0 aliphatic carbocycles. The molecule has 4 aliphatic heterocycles. The number of imide groups is 1. The average molecular weight is 759 g/mol. The van der Waals surface area contributed by atoms with Crippen molar-refractivity contribution in [1.29, 1.82) is 0 Å². The van der Waals surface area contributed by atoms with E-state index in [1.165, 1.54) is 15.9 Å². The molecule has 270 valence electrons. The van der Waals surface area contributed by atoms with Crippen LogP contribution in [-0.2, 0) is 16.6 Å². The van der Waals surface area contributed by atoms with Gasteiger partial charge in [-0.3, -0.25) is 24.5 Å². The molecule has 4 aliphatic rings. The van der Waals surface area contributed by atoms with Crippen LogP contribution in [0.25, 0.3) is 0 Å². The number of likely N-dealkylation sites (tertiary alicyclic amines) is 2. The second kappa shape index (κ2) is 14.5. The SMILES string of the molecule is Cc1cc(C2CCC(=O)NC2=O)ccc1N1CCC2(CCN(C(=O)c3ccc(C4C[C@@H](Nc5cnn(C)c(=O)c5Br)CN(C)C4)cc3)CC2)CC1. The predicted molar refractivity (Wildman–Crippen MR) is 201 cm³/mol. The van der Waals surface area contributed by atoms with Gasteiger partial charge in [-0.05, 0) is 115 Å². The van der Waals surface area contributed by atoms with Crippen molar-refractivity contribution in [2.75, 3.05) is 56.5 Å². The zero-order valence-electron chi connectivity index (χ0n) is 29.8.